The summed E-state index contributed by atoms with van der Waals surface area (Å²) in [4.78, 5) is 8.29. The molecule has 0 aliphatic heterocycles. The first-order valence-electron chi connectivity index (χ1n) is 5.91. The number of nitrogens with one attached hydrogen (secondary N) is 1. The summed E-state index contributed by atoms with van der Waals surface area (Å²) in [5.74, 6) is 1.16. The van der Waals surface area contributed by atoms with Crippen molar-refractivity contribution < 1.29 is 4.55 Å². The second-order valence-electron chi connectivity index (χ2n) is 4.18. The molecule has 1 N–H and O–H groups in total. The van der Waals surface area contributed by atoms with Crippen LogP contribution < -0.4 is 9.62 Å². The maximum Gasteiger partial charge on any atom is 0.153 e. The molecule has 0 saturated carbocycles. The molecule has 0 bridgehead atoms. The molecule has 0 aliphatic rings. The summed E-state index contributed by atoms with van der Waals surface area (Å²) in [6, 6.07) is 7.54. The predicted octanol–water partition coefficient (Wildman–Crippen LogP) is 2.91. The Morgan fingerprint density at radius 2 is 2.05 bits per heavy atom. The Bertz CT molecular complexity index is 609. The minimum Gasteiger partial charge on any atom is -0.593 e. The lowest BCUT2D eigenvalue weighted by atomic mass is 10.2. The molecule has 0 amide bonds. The van der Waals surface area contributed by atoms with E-state index >= 15 is 0 Å². The van der Waals surface area contributed by atoms with Crippen molar-refractivity contribution in [2.24, 2.45) is 0 Å². The van der Waals surface area contributed by atoms with Crippen LogP contribution in [0.2, 0.25) is 5.02 Å². The smallest absolute Gasteiger partial charge is 0.153 e. The van der Waals surface area contributed by atoms with Crippen molar-refractivity contribution >= 4 is 40.2 Å². The lowest BCUT2D eigenvalue weighted by molar-refractivity contribution is 0.599. The average Bonchev–Trinajstić information content (AvgIpc) is 2.42. The van der Waals surface area contributed by atoms with Crippen LogP contribution in [-0.4, -0.2) is 27.8 Å². The molecule has 2 rings (SSSR count). The molecule has 2 aromatic rings. The molecule has 5 nitrogen and oxygen atoms in total. The van der Waals surface area contributed by atoms with E-state index in [2.05, 4.69) is 15.3 Å². The van der Waals surface area contributed by atoms with Crippen molar-refractivity contribution in [1.29, 1.82) is 0 Å². The summed E-state index contributed by atoms with van der Waals surface area (Å²) in [6.45, 7) is 1.79. The summed E-state index contributed by atoms with van der Waals surface area (Å²) in [5.41, 5.74) is 1.59. The first kappa shape index (κ1) is 14.9. The molecule has 0 spiro atoms. The van der Waals surface area contributed by atoms with Crippen LogP contribution in [0.15, 0.2) is 30.5 Å². The first-order chi connectivity index (χ1) is 9.49. The van der Waals surface area contributed by atoms with Gasteiger partial charge < -0.3 is 9.87 Å². The van der Waals surface area contributed by atoms with Crippen LogP contribution in [-0.2, 0) is 11.4 Å². The Hall–Kier alpha value is -1.50. The second kappa shape index (κ2) is 6.30. The predicted molar refractivity (Wildman–Crippen MR) is 84.0 cm³/mol. The Kier molecular flexibility index (Phi) is 4.69. The van der Waals surface area contributed by atoms with E-state index in [1.54, 1.807) is 30.7 Å². The van der Waals surface area contributed by atoms with Gasteiger partial charge in [0, 0.05) is 0 Å². The number of halogens is 1. The maximum atomic E-state index is 11.6. The standard InChI is InChI=1S/C13H15ClN4OS/c1-9-15-8-10(14)13(16-9)17-11-6-4-5-7-12(11)18(2)20(3)19/h4-8H,1-3H3,(H,15,16,17). The number of hydrogen-bond acceptors (Lipinski definition) is 5. The van der Waals surface area contributed by atoms with E-state index in [1.165, 1.54) is 0 Å². The van der Waals surface area contributed by atoms with E-state index in [9.17, 15) is 4.55 Å². The van der Waals surface area contributed by atoms with Crippen LogP contribution in [0, 0.1) is 6.92 Å². The molecule has 106 valence electrons. The molecule has 7 heteroatoms. The number of nitrogens with zero attached hydrogens (tertiary/aromatic N) is 3. The molecule has 0 fully saturated rings. The molecule has 1 unspecified atom stereocenters. The Morgan fingerprint density at radius 3 is 2.75 bits per heavy atom. The average molecular weight is 311 g/mol. The second-order valence-corrected chi connectivity index (χ2v) is 5.98. The summed E-state index contributed by atoms with van der Waals surface area (Å²) in [5, 5.41) is 3.59. The van der Waals surface area contributed by atoms with Gasteiger partial charge in [-0.1, -0.05) is 23.7 Å². The van der Waals surface area contributed by atoms with Crippen LogP contribution in [0.1, 0.15) is 5.82 Å². The normalized spacial score (nSPS) is 12.1. The van der Waals surface area contributed by atoms with Crippen molar-refractivity contribution in [1.82, 2.24) is 9.97 Å². The van der Waals surface area contributed by atoms with Crippen molar-refractivity contribution in [3.05, 3.63) is 41.3 Å². The number of anilines is 3. The van der Waals surface area contributed by atoms with Crippen molar-refractivity contribution in [2.75, 3.05) is 22.9 Å². The largest absolute Gasteiger partial charge is 0.593 e. The van der Waals surface area contributed by atoms with Crippen LogP contribution in [0.5, 0.6) is 0 Å². The van der Waals surface area contributed by atoms with Gasteiger partial charge in [0.25, 0.3) is 0 Å². The minimum atomic E-state index is -1.11. The van der Waals surface area contributed by atoms with Gasteiger partial charge in [-0.2, -0.15) is 4.31 Å². The maximum absolute atomic E-state index is 11.6. The van der Waals surface area contributed by atoms with Gasteiger partial charge in [0.1, 0.15) is 22.8 Å². The summed E-state index contributed by atoms with van der Waals surface area (Å²) >= 11 is 4.97. The highest BCUT2D eigenvalue weighted by molar-refractivity contribution is 7.92. The molecule has 1 aromatic carbocycles. The fourth-order valence-corrected chi connectivity index (χ4v) is 2.24. The molecule has 0 saturated heterocycles. The molecule has 0 radical (unpaired) electrons. The summed E-state index contributed by atoms with van der Waals surface area (Å²) in [7, 11) is 1.77. The van der Waals surface area contributed by atoms with E-state index in [4.69, 9.17) is 11.6 Å². The van der Waals surface area contributed by atoms with Gasteiger partial charge in [0.15, 0.2) is 5.82 Å². The molecular weight excluding hydrogens is 296 g/mol. The van der Waals surface area contributed by atoms with Gasteiger partial charge in [-0.15, -0.1) is 0 Å². The van der Waals surface area contributed by atoms with Gasteiger partial charge in [0.05, 0.1) is 30.3 Å². The van der Waals surface area contributed by atoms with E-state index in [0.29, 0.717) is 16.7 Å². The zero-order valence-corrected chi connectivity index (χ0v) is 13.0. The highest BCUT2D eigenvalue weighted by Crippen LogP contribution is 2.30. The lowest BCUT2D eigenvalue weighted by Crippen LogP contribution is -2.25. The van der Waals surface area contributed by atoms with Crippen molar-refractivity contribution in [3.8, 4) is 0 Å². The first-order valence-corrected chi connectivity index (χ1v) is 7.81. The van der Waals surface area contributed by atoms with E-state index in [1.807, 2.05) is 24.3 Å². The number of aryl methyl sites for hydroxylation is 1. The molecule has 1 atom stereocenters. The fraction of sp³-hybridized carbons (Fsp3) is 0.231. The SMILES string of the molecule is Cc1ncc(Cl)c(Nc2ccccc2N(C)[S+](C)[O-])n1. The van der Waals surface area contributed by atoms with Gasteiger partial charge in [-0.05, 0) is 19.1 Å². The number of para-hydroxylation sites is 2. The third-order valence-corrected chi connectivity index (χ3v) is 3.99. The van der Waals surface area contributed by atoms with Crippen molar-refractivity contribution in [3.63, 3.8) is 0 Å². The quantitative estimate of drug-likeness (QED) is 0.880. The van der Waals surface area contributed by atoms with E-state index in [-0.39, 0.29) is 0 Å². The van der Waals surface area contributed by atoms with E-state index < -0.39 is 11.4 Å². The zero-order chi connectivity index (χ0) is 14.7. The van der Waals surface area contributed by atoms with Gasteiger partial charge >= 0.3 is 0 Å². The number of hydrogen-bond donors (Lipinski definition) is 1. The topological polar surface area (TPSA) is 64.1 Å². The molecule has 20 heavy (non-hydrogen) atoms. The van der Waals surface area contributed by atoms with Crippen molar-refractivity contribution in [2.45, 2.75) is 6.92 Å². The minimum absolute atomic E-state index is 0.436. The van der Waals surface area contributed by atoms with Crippen LogP contribution in [0.25, 0.3) is 0 Å². The fourth-order valence-electron chi connectivity index (χ4n) is 1.66. The summed E-state index contributed by atoms with van der Waals surface area (Å²) < 4.78 is 13.3. The monoisotopic (exact) mass is 310 g/mol. The highest BCUT2D eigenvalue weighted by Gasteiger charge is 2.15. The molecule has 1 aromatic heterocycles. The van der Waals surface area contributed by atoms with Crippen LogP contribution >= 0.6 is 11.6 Å². The molecule has 0 aliphatic carbocycles. The highest BCUT2D eigenvalue weighted by atomic mass is 35.5. The molecule has 1 heterocycles. The van der Waals surface area contributed by atoms with E-state index in [0.717, 1.165) is 11.4 Å². The van der Waals surface area contributed by atoms with Gasteiger partial charge in [-0.3, -0.25) is 0 Å². The van der Waals surface area contributed by atoms with Crippen LogP contribution in [0.3, 0.4) is 0 Å². The molecular formula is C13H15ClN4OS. The number of benzene rings is 1. The Balaban J connectivity index is 2.36. The number of aromatic nitrogens is 2. The van der Waals surface area contributed by atoms with Crippen LogP contribution in [0.4, 0.5) is 17.2 Å². The number of rotatable bonds is 4. The summed E-state index contributed by atoms with van der Waals surface area (Å²) in [6.07, 6.45) is 3.18. The zero-order valence-electron chi connectivity index (χ0n) is 11.4. The lowest BCUT2D eigenvalue weighted by Gasteiger charge is -2.22. The third-order valence-electron chi connectivity index (χ3n) is 2.75. The Labute approximate surface area is 126 Å². The van der Waals surface area contributed by atoms with Gasteiger partial charge in [-0.25, -0.2) is 9.97 Å². The van der Waals surface area contributed by atoms with Gasteiger partial charge in [0.2, 0.25) is 0 Å². The Morgan fingerprint density at radius 1 is 1.35 bits per heavy atom. The third kappa shape index (κ3) is 3.33.